The van der Waals surface area contributed by atoms with E-state index in [1.807, 2.05) is 4.90 Å². The van der Waals surface area contributed by atoms with Crippen molar-refractivity contribution in [1.82, 2.24) is 19.7 Å². The molecule has 2 aliphatic heterocycles. The van der Waals surface area contributed by atoms with Crippen molar-refractivity contribution >= 4 is 12.0 Å². The third-order valence-corrected chi connectivity index (χ3v) is 6.72. The third kappa shape index (κ3) is 3.67. The minimum absolute atomic E-state index is 0.0761. The SMILES string of the molecule is CC(=O)N(Cc1cnco1)C1CCN(C2CC3(CCN(C(=O)O)C3)C2)CC1. The molecule has 1 aliphatic carbocycles. The predicted octanol–water partition coefficient (Wildman–Crippen LogP) is 2.02. The van der Waals surface area contributed by atoms with E-state index >= 15 is 0 Å². The molecule has 0 unspecified atom stereocenters. The Morgan fingerprint density at radius 2 is 2.07 bits per heavy atom. The predicted molar refractivity (Wildman–Crippen MR) is 97.0 cm³/mol. The van der Waals surface area contributed by atoms with Crippen LogP contribution in [0.5, 0.6) is 0 Å². The topological polar surface area (TPSA) is 90.1 Å². The summed E-state index contributed by atoms with van der Waals surface area (Å²) in [7, 11) is 0. The molecule has 1 N–H and O–H groups in total. The molecular formula is C19H28N4O4. The standard InChI is InChI=1S/C19H28N4O4/c1-14(24)23(11-17-10-20-13-27-17)15-2-5-21(6-3-15)16-8-19(9-16)4-7-22(12-19)18(25)26/h10,13,15-16H,2-9,11-12H2,1H3,(H,25,26). The number of carbonyl (C=O) groups excluding carboxylic acids is 1. The molecule has 0 radical (unpaired) electrons. The summed E-state index contributed by atoms with van der Waals surface area (Å²) in [4.78, 5) is 33.2. The lowest BCUT2D eigenvalue weighted by molar-refractivity contribution is -0.133. The van der Waals surface area contributed by atoms with Crippen molar-refractivity contribution in [3.05, 3.63) is 18.4 Å². The number of carbonyl (C=O) groups is 2. The van der Waals surface area contributed by atoms with Gasteiger partial charge in [-0.15, -0.1) is 0 Å². The molecule has 0 bridgehead atoms. The summed E-state index contributed by atoms with van der Waals surface area (Å²) < 4.78 is 5.31. The summed E-state index contributed by atoms with van der Waals surface area (Å²) in [5, 5.41) is 9.17. The molecule has 27 heavy (non-hydrogen) atoms. The molecule has 3 aliphatic rings. The average molecular weight is 376 g/mol. The Kier molecular flexibility index (Phi) is 4.84. The molecule has 0 aromatic carbocycles. The van der Waals surface area contributed by atoms with Crippen LogP contribution in [0.1, 0.15) is 44.8 Å². The summed E-state index contributed by atoms with van der Waals surface area (Å²) in [6.07, 6.45) is 7.44. The van der Waals surface area contributed by atoms with Crippen molar-refractivity contribution in [2.45, 2.75) is 57.7 Å². The zero-order valence-corrected chi connectivity index (χ0v) is 15.8. The fraction of sp³-hybridized carbons (Fsp3) is 0.737. The third-order valence-electron chi connectivity index (χ3n) is 6.72. The van der Waals surface area contributed by atoms with E-state index in [4.69, 9.17) is 4.42 Å². The van der Waals surface area contributed by atoms with Crippen molar-refractivity contribution in [2.75, 3.05) is 26.2 Å². The van der Waals surface area contributed by atoms with E-state index in [0.717, 1.165) is 51.0 Å². The number of aromatic nitrogens is 1. The average Bonchev–Trinajstić information content (AvgIpc) is 3.28. The molecule has 1 saturated carbocycles. The fourth-order valence-corrected chi connectivity index (χ4v) is 5.18. The van der Waals surface area contributed by atoms with Crippen molar-refractivity contribution < 1.29 is 19.1 Å². The van der Waals surface area contributed by atoms with Gasteiger partial charge in [0.2, 0.25) is 5.91 Å². The van der Waals surface area contributed by atoms with E-state index in [2.05, 4.69) is 9.88 Å². The normalized spacial score (nSPS) is 29.1. The van der Waals surface area contributed by atoms with Crippen LogP contribution < -0.4 is 0 Å². The summed E-state index contributed by atoms with van der Waals surface area (Å²) in [5.41, 5.74) is 0.220. The highest BCUT2D eigenvalue weighted by atomic mass is 16.4. The molecule has 3 fully saturated rings. The van der Waals surface area contributed by atoms with Crippen LogP contribution in [-0.2, 0) is 11.3 Å². The van der Waals surface area contributed by atoms with E-state index in [9.17, 15) is 14.7 Å². The van der Waals surface area contributed by atoms with Gasteiger partial charge in [0.1, 0.15) is 5.76 Å². The Morgan fingerprint density at radius 3 is 2.63 bits per heavy atom. The minimum Gasteiger partial charge on any atom is -0.465 e. The zero-order valence-electron chi connectivity index (χ0n) is 15.8. The largest absolute Gasteiger partial charge is 0.465 e. The number of hydrogen-bond acceptors (Lipinski definition) is 5. The van der Waals surface area contributed by atoms with Gasteiger partial charge in [0.05, 0.1) is 12.7 Å². The number of carboxylic acid groups (broad SMARTS) is 1. The van der Waals surface area contributed by atoms with Gasteiger partial charge in [-0.25, -0.2) is 9.78 Å². The summed E-state index contributed by atoms with van der Waals surface area (Å²) in [6, 6.07) is 0.812. The van der Waals surface area contributed by atoms with Gasteiger partial charge in [-0.3, -0.25) is 4.79 Å². The summed E-state index contributed by atoms with van der Waals surface area (Å²) >= 11 is 0. The fourth-order valence-electron chi connectivity index (χ4n) is 5.18. The van der Waals surface area contributed by atoms with Gasteiger partial charge in [0, 0.05) is 45.2 Å². The van der Waals surface area contributed by atoms with E-state index < -0.39 is 6.09 Å². The van der Waals surface area contributed by atoms with Gasteiger partial charge in [-0.05, 0) is 37.5 Å². The molecule has 3 heterocycles. The summed E-state index contributed by atoms with van der Waals surface area (Å²) in [6.45, 7) is 5.47. The second-order valence-electron chi connectivity index (χ2n) is 8.40. The molecule has 1 spiro atoms. The van der Waals surface area contributed by atoms with Crippen LogP contribution in [0, 0.1) is 5.41 Å². The highest BCUT2D eigenvalue weighted by Crippen LogP contribution is 2.50. The Hall–Kier alpha value is -2.09. The van der Waals surface area contributed by atoms with Crippen molar-refractivity contribution in [1.29, 1.82) is 0 Å². The Bertz CT molecular complexity index is 678. The number of oxazole rings is 1. The first kappa shape index (κ1) is 18.3. The van der Waals surface area contributed by atoms with Crippen LogP contribution in [0.2, 0.25) is 0 Å². The molecule has 4 rings (SSSR count). The molecule has 1 aromatic heterocycles. The molecule has 8 nitrogen and oxygen atoms in total. The number of nitrogens with zero attached hydrogens (tertiary/aromatic N) is 4. The molecule has 2 amide bonds. The van der Waals surface area contributed by atoms with Crippen LogP contribution in [-0.4, -0.2) is 75.1 Å². The second-order valence-corrected chi connectivity index (χ2v) is 8.40. The van der Waals surface area contributed by atoms with Crippen molar-refractivity contribution in [3.8, 4) is 0 Å². The van der Waals surface area contributed by atoms with Crippen molar-refractivity contribution in [2.24, 2.45) is 5.41 Å². The van der Waals surface area contributed by atoms with Crippen LogP contribution in [0.25, 0.3) is 0 Å². The lowest BCUT2D eigenvalue weighted by Crippen LogP contribution is -2.56. The number of amides is 2. The maximum Gasteiger partial charge on any atom is 0.407 e. The van der Waals surface area contributed by atoms with Gasteiger partial charge in [-0.2, -0.15) is 0 Å². The maximum atomic E-state index is 12.1. The lowest BCUT2D eigenvalue weighted by Gasteiger charge is -2.52. The Morgan fingerprint density at radius 1 is 1.33 bits per heavy atom. The molecular weight excluding hydrogens is 348 g/mol. The first-order valence-electron chi connectivity index (χ1n) is 9.82. The first-order chi connectivity index (χ1) is 13.0. The number of piperidine rings is 1. The second kappa shape index (κ2) is 7.14. The highest BCUT2D eigenvalue weighted by molar-refractivity contribution is 5.73. The quantitative estimate of drug-likeness (QED) is 0.865. The van der Waals surface area contributed by atoms with Gasteiger partial charge in [-0.1, -0.05) is 0 Å². The number of rotatable bonds is 4. The number of hydrogen-bond donors (Lipinski definition) is 1. The van der Waals surface area contributed by atoms with E-state index in [1.165, 1.54) is 6.39 Å². The first-order valence-corrected chi connectivity index (χ1v) is 9.82. The van der Waals surface area contributed by atoms with Crippen LogP contribution >= 0.6 is 0 Å². The van der Waals surface area contributed by atoms with Gasteiger partial charge in [0.25, 0.3) is 0 Å². The van der Waals surface area contributed by atoms with E-state index in [-0.39, 0.29) is 17.4 Å². The molecule has 148 valence electrons. The Balaban J connectivity index is 1.27. The van der Waals surface area contributed by atoms with Crippen LogP contribution in [0.15, 0.2) is 17.0 Å². The van der Waals surface area contributed by atoms with Crippen molar-refractivity contribution in [3.63, 3.8) is 0 Å². The maximum absolute atomic E-state index is 12.1. The lowest BCUT2D eigenvalue weighted by atomic mass is 9.64. The molecule has 2 saturated heterocycles. The van der Waals surface area contributed by atoms with Gasteiger partial charge >= 0.3 is 6.09 Å². The smallest absolute Gasteiger partial charge is 0.407 e. The minimum atomic E-state index is -0.785. The molecule has 0 atom stereocenters. The van der Waals surface area contributed by atoms with Crippen LogP contribution in [0.4, 0.5) is 4.79 Å². The Labute approximate surface area is 159 Å². The highest BCUT2D eigenvalue weighted by Gasteiger charge is 2.51. The monoisotopic (exact) mass is 376 g/mol. The number of likely N-dealkylation sites (tertiary alicyclic amines) is 2. The van der Waals surface area contributed by atoms with Gasteiger partial charge < -0.3 is 24.2 Å². The van der Waals surface area contributed by atoms with Crippen LogP contribution in [0.3, 0.4) is 0 Å². The molecule has 1 aromatic rings. The van der Waals surface area contributed by atoms with Gasteiger partial charge in [0.15, 0.2) is 6.39 Å². The van der Waals surface area contributed by atoms with E-state index in [0.29, 0.717) is 25.7 Å². The summed E-state index contributed by atoms with van der Waals surface area (Å²) in [5.74, 6) is 0.796. The zero-order chi connectivity index (χ0) is 19.0. The van der Waals surface area contributed by atoms with E-state index in [1.54, 1.807) is 18.0 Å². The molecule has 8 heteroatoms.